The number of nitrogens with one attached hydrogen (secondary N) is 1. The minimum absolute atomic E-state index is 0.339. The molecule has 2 unspecified atom stereocenters. The quantitative estimate of drug-likeness (QED) is 0.754. The van der Waals surface area contributed by atoms with Crippen LogP contribution >= 0.6 is 11.3 Å². The molecular weight excluding hydrogens is 256 g/mol. The second-order valence-corrected chi connectivity index (χ2v) is 6.52. The number of thiazole rings is 1. The van der Waals surface area contributed by atoms with E-state index >= 15 is 0 Å². The average molecular weight is 284 g/mol. The maximum atomic E-state index is 5.34. The fourth-order valence-electron chi connectivity index (χ4n) is 2.02. The van der Waals surface area contributed by atoms with Crippen LogP contribution in [0.15, 0.2) is 0 Å². The summed E-state index contributed by atoms with van der Waals surface area (Å²) < 4.78 is 5.34. The van der Waals surface area contributed by atoms with Crippen LogP contribution in [0.1, 0.15) is 48.7 Å². The summed E-state index contributed by atoms with van der Waals surface area (Å²) in [6.07, 6.45) is 4.79. The summed E-state index contributed by atoms with van der Waals surface area (Å²) in [7, 11) is 1.78. The van der Waals surface area contributed by atoms with Crippen molar-refractivity contribution in [3.8, 4) is 0 Å². The highest BCUT2D eigenvalue weighted by Crippen LogP contribution is 2.19. The van der Waals surface area contributed by atoms with E-state index in [0.717, 1.165) is 25.8 Å². The lowest BCUT2D eigenvalue weighted by Crippen LogP contribution is -2.32. The van der Waals surface area contributed by atoms with Gasteiger partial charge in [-0.15, -0.1) is 11.3 Å². The van der Waals surface area contributed by atoms with E-state index in [-0.39, 0.29) is 0 Å². The monoisotopic (exact) mass is 284 g/mol. The molecule has 0 aliphatic heterocycles. The third-order valence-electron chi connectivity index (χ3n) is 3.50. The van der Waals surface area contributed by atoms with Gasteiger partial charge in [-0.25, -0.2) is 4.98 Å². The van der Waals surface area contributed by atoms with E-state index in [9.17, 15) is 0 Å². The van der Waals surface area contributed by atoms with Crippen molar-refractivity contribution < 1.29 is 4.74 Å². The number of aromatic nitrogens is 1. The lowest BCUT2D eigenvalue weighted by Gasteiger charge is -2.19. The Labute approximate surface area is 121 Å². The van der Waals surface area contributed by atoms with Gasteiger partial charge in [0.25, 0.3) is 0 Å². The van der Waals surface area contributed by atoms with Gasteiger partial charge in [0.1, 0.15) is 0 Å². The molecule has 1 rings (SSSR count). The van der Waals surface area contributed by atoms with Crippen LogP contribution in [0.5, 0.6) is 0 Å². The number of methoxy groups -OCH3 is 1. The molecule has 0 saturated carbocycles. The van der Waals surface area contributed by atoms with Gasteiger partial charge >= 0.3 is 0 Å². The van der Waals surface area contributed by atoms with Gasteiger partial charge in [-0.05, 0) is 46.6 Å². The Bertz CT molecular complexity index is 346. The number of rotatable bonds is 9. The third-order valence-corrected chi connectivity index (χ3v) is 4.60. The van der Waals surface area contributed by atoms with Crippen LogP contribution in [0.4, 0.5) is 0 Å². The number of aryl methyl sites for hydroxylation is 2. The van der Waals surface area contributed by atoms with Crippen molar-refractivity contribution in [2.45, 2.75) is 65.5 Å². The van der Waals surface area contributed by atoms with Gasteiger partial charge in [-0.2, -0.15) is 0 Å². The zero-order valence-corrected chi connectivity index (χ0v) is 13.8. The van der Waals surface area contributed by atoms with E-state index in [2.05, 4.69) is 38.0 Å². The molecule has 0 aromatic carbocycles. The molecule has 1 heterocycles. The number of ether oxygens (including phenoxy) is 1. The van der Waals surface area contributed by atoms with E-state index in [4.69, 9.17) is 4.74 Å². The lowest BCUT2D eigenvalue weighted by molar-refractivity contribution is 0.106. The van der Waals surface area contributed by atoms with Crippen molar-refractivity contribution in [3.63, 3.8) is 0 Å². The van der Waals surface area contributed by atoms with Crippen molar-refractivity contribution in [1.82, 2.24) is 10.3 Å². The third kappa shape index (κ3) is 6.02. The molecule has 0 spiro atoms. The van der Waals surface area contributed by atoms with E-state index < -0.39 is 0 Å². The molecule has 0 aliphatic carbocycles. The maximum absolute atomic E-state index is 5.34. The van der Waals surface area contributed by atoms with Gasteiger partial charge in [0.2, 0.25) is 0 Å². The first-order chi connectivity index (χ1) is 9.06. The van der Waals surface area contributed by atoms with Gasteiger partial charge in [-0.3, -0.25) is 0 Å². The van der Waals surface area contributed by atoms with Gasteiger partial charge in [0.05, 0.1) is 16.8 Å². The number of hydrogen-bond acceptors (Lipinski definition) is 4. The van der Waals surface area contributed by atoms with E-state index in [1.165, 1.54) is 22.0 Å². The van der Waals surface area contributed by atoms with Crippen molar-refractivity contribution in [2.24, 2.45) is 0 Å². The first-order valence-electron chi connectivity index (χ1n) is 7.25. The Hall–Kier alpha value is -0.450. The second-order valence-electron chi connectivity index (χ2n) is 5.23. The van der Waals surface area contributed by atoms with Crippen LogP contribution in [0.3, 0.4) is 0 Å². The molecule has 0 amide bonds. The summed E-state index contributed by atoms with van der Waals surface area (Å²) in [5.41, 5.74) is 1.18. The predicted molar refractivity (Wildman–Crippen MR) is 83.1 cm³/mol. The van der Waals surface area contributed by atoms with Crippen LogP contribution in [-0.4, -0.2) is 30.8 Å². The van der Waals surface area contributed by atoms with Gasteiger partial charge in [-0.1, -0.05) is 6.92 Å². The normalized spacial score (nSPS) is 14.6. The Morgan fingerprint density at radius 1 is 1.32 bits per heavy atom. The summed E-state index contributed by atoms with van der Waals surface area (Å²) in [5.74, 6) is 0. The molecule has 3 nitrogen and oxygen atoms in total. The first-order valence-corrected chi connectivity index (χ1v) is 8.07. The summed E-state index contributed by atoms with van der Waals surface area (Å²) in [6, 6.07) is 0.516. The van der Waals surface area contributed by atoms with Crippen molar-refractivity contribution in [1.29, 1.82) is 0 Å². The highest BCUT2D eigenvalue weighted by Gasteiger charge is 2.14. The molecule has 0 saturated heterocycles. The average Bonchev–Trinajstić information content (AvgIpc) is 2.71. The molecule has 0 aliphatic rings. The summed E-state index contributed by atoms with van der Waals surface area (Å²) in [4.78, 5) is 5.99. The molecule has 2 atom stereocenters. The van der Waals surface area contributed by atoms with Crippen LogP contribution in [0.25, 0.3) is 0 Å². The molecule has 19 heavy (non-hydrogen) atoms. The van der Waals surface area contributed by atoms with Crippen molar-refractivity contribution >= 4 is 11.3 Å². The van der Waals surface area contributed by atoms with Crippen LogP contribution in [0.2, 0.25) is 0 Å². The summed E-state index contributed by atoms with van der Waals surface area (Å²) >= 11 is 1.83. The lowest BCUT2D eigenvalue weighted by atomic mass is 10.1. The smallest absolute Gasteiger partial charge is 0.0946 e. The van der Waals surface area contributed by atoms with Crippen LogP contribution in [-0.2, 0) is 11.2 Å². The summed E-state index contributed by atoms with van der Waals surface area (Å²) in [5, 5.41) is 4.90. The molecule has 110 valence electrons. The Morgan fingerprint density at radius 2 is 2.05 bits per heavy atom. The Morgan fingerprint density at radius 3 is 2.58 bits per heavy atom. The van der Waals surface area contributed by atoms with Crippen molar-refractivity contribution in [3.05, 3.63) is 15.6 Å². The van der Waals surface area contributed by atoms with Crippen LogP contribution < -0.4 is 5.32 Å². The Kier molecular flexibility index (Phi) is 7.57. The highest BCUT2D eigenvalue weighted by atomic mass is 32.1. The van der Waals surface area contributed by atoms with E-state index in [1.807, 2.05) is 11.3 Å². The molecular formula is C15H28N2OS. The zero-order valence-electron chi connectivity index (χ0n) is 13.0. The first kappa shape index (κ1) is 16.6. The maximum Gasteiger partial charge on any atom is 0.0946 e. The van der Waals surface area contributed by atoms with E-state index in [0.29, 0.717) is 12.1 Å². The van der Waals surface area contributed by atoms with E-state index in [1.54, 1.807) is 7.11 Å². The number of hydrogen-bond donors (Lipinski definition) is 1. The highest BCUT2D eigenvalue weighted by molar-refractivity contribution is 7.11. The van der Waals surface area contributed by atoms with Crippen LogP contribution in [0, 0.1) is 13.8 Å². The second kappa shape index (κ2) is 8.67. The minimum Gasteiger partial charge on any atom is -0.382 e. The van der Waals surface area contributed by atoms with Gasteiger partial charge in [0, 0.05) is 24.4 Å². The molecule has 0 radical (unpaired) electrons. The fourth-order valence-corrected chi connectivity index (χ4v) is 3.03. The van der Waals surface area contributed by atoms with Gasteiger partial charge < -0.3 is 10.1 Å². The zero-order chi connectivity index (χ0) is 14.3. The van der Waals surface area contributed by atoms with Crippen molar-refractivity contribution in [2.75, 3.05) is 13.7 Å². The topological polar surface area (TPSA) is 34.1 Å². The Balaban J connectivity index is 2.52. The molecule has 1 aromatic heterocycles. The minimum atomic E-state index is 0.339. The predicted octanol–water partition coefficient (Wildman–Crippen LogP) is 3.49. The number of nitrogens with zero attached hydrogens (tertiary/aromatic N) is 1. The molecule has 0 bridgehead atoms. The largest absolute Gasteiger partial charge is 0.382 e. The standard InChI is InChI=1S/C15H28N2OS/c1-6-9-16-14(8-7-11(2)18-5)10-15-17-12(3)13(4)19-15/h11,14,16H,6-10H2,1-5H3. The molecule has 4 heteroatoms. The fraction of sp³-hybridized carbons (Fsp3) is 0.800. The van der Waals surface area contributed by atoms with Gasteiger partial charge in [0.15, 0.2) is 0 Å². The molecule has 1 aromatic rings. The summed E-state index contributed by atoms with van der Waals surface area (Å²) in [6.45, 7) is 9.66. The SMILES string of the molecule is CCCNC(CCC(C)OC)Cc1nc(C)c(C)s1. The molecule has 1 N–H and O–H groups in total. The molecule has 0 fully saturated rings.